The van der Waals surface area contributed by atoms with Crippen LogP contribution < -0.4 is 5.32 Å². The Bertz CT molecular complexity index is 358. The third-order valence-electron chi connectivity index (χ3n) is 3.04. The molecular formula is C13H24N4O. The van der Waals surface area contributed by atoms with Gasteiger partial charge in [-0.1, -0.05) is 0 Å². The number of hydrogen-bond acceptors (Lipinski definition) is 3. The smallest absolute Gasteiger partial charge is 0.223 e. The number of hydrogen-bond donors (Lipinski definition) is 1. The molecule has 0 aliphatic heterocycles. The van der Waals surface area contributed by atoms with E-state index in [1.807, 2.05) is 35.7 Å². The van der Waals surface area contributed by atoms with Crippen molar-refractivity contribution < 1.29 is 4.79 Å². The summed E-state index contributed by atoms with van der Waals surface area (Å²) < 4.78 is 1.96. The second-order valence-electron chi connectivity index (χ2n) is 4.13. The summed E-state index contributed by atoms with van der Waals surface area (Å²) in [5, 5.41) is 7.49. The molecule has 1 aromatic heterocycles. The number of carbonyl (C=O) groups excluding carboxylic acids is 1. The van der Waals surface area contributed by atoms with Crippen LogP contribution in [-0.4, -0.2) is 40.2 Å². The van der Waals surface area contributed by atoms with Crippen LogP contribution in [0.3, 0.4) is 0 Å². The molecule has 1 heterocycles. The Kier molecular flexibility index (Phi) is 6.43. The monoisotopic (exact) mass is 252 g/mol. The first kappa shape index (κ1) is 14.7. The van der Waals surface area contributed by atoms with Gasteiger partial charge in [0.25, 0.3) is 0 Å². The highest BCUT2D eigenvalue weighted by Crippen LogP contribution is 1.98. The van der Waals surface area contributed by atoms with Gasteiger partial charge in [0.15, 0.2) is 0 Å². The van der Waals surface area contributed by atoms with Crippen LogP contribution in [0.2, 0.25) is 0 Å². The van der Waals surface area contributed by atoms with Crippen LogP contribution in [0.4, 0.5) is 0 Å². The Morgan fingerprint density at radius 2 is 2.11 bits per heavy atom. The Morgan fingerprint density at radius 1 is 1.39 bits per heavy atom. The lowest BCUT2D eigenvalue weighted by Gasteiger charge is -2.18. The lowest BCUT2D eigenvalue weighted by molar-refractivity contribution is -0.130. The average Bonchev–Trinajstić information content (AvgIpc) is 2.83. The fraction of sp³-hybridized carbons (Fsp3) is 0.692. The van der Waals surface area contributed by atoms with Crippen LogP contribution in [0, 0.1) is 0 Å². The van der Waals surface area contributed by atoms with E-state index in [2.05, 4.69) is 17.3 Å². The summed E-state index contributed by atoms with van der Waals surface area (Å²) in [7, 11) is 0. The quantitative estimate of drug-likeness (QED) is 0.708. The zero-order chi connectivity index (χ0) is 13.4. The third kappa shape index (κ3) is 4.14. The van der Waals surface area contributed by atoms with Crippen LogP contribution in [0.15, 0.2) is 12.3 Å². The Balaban J connectivity index is 2.24. The van der Waals surface area contributed by atoms with Gasteiger partial charge in [0.2, 0.25) is 5.91 Å². The number of nitrogens with zero attached hydrogens (tertiary/aromatic N) is 3. The molecule has 0 saturated heterocycles. The first-order valence-corrected chi connectivity index (χ1v) is 6.72. The SMILES string of the molecule is CCN(CC)C(=O)CCNCc1ccnn1CC. The van der Waals surface area contributed by atoms with Crippen molar-refractivity contribution in [3.05, 3.63) is 18.0 Å². The van der Waals surface area contributed by atoms with E-state index in [4.69, 9.17) is 0 Å². The van der Waals surface area contributed by atoms with E-state index in [9.17, 15) is 4.79 Å². The van der Waals surface area contributed by atoms with Crippen molar-refractivity contribution in [3.8, 4) is 0 Å². The summed E-state index contributed by atoms with van der Waals surface area (Å²) in [4.78, 5) is 13.6. The molecule has 1 rings (SSSR count). The zero-order valence-corrected chi connectivity index (χ0v) is 11.6. The molecule has 0 bridgehead atoms. The fourth-order valence-electron chi connectivity index (χ4n) is 1.94. The second-order valence-corrected chi connectivity index (χ2v) is 4.13. The molecule has 1 N–H and O–H groups in total. The van der Waals surface area contributed by atoms with Crippen molar-refractivity contribution in [1.29, 1.82) is 0 Å². The highest BCUT2D eigenvalue weighted by molar-refractivity contribution is 5.76. The normalized spacial score (nSPS) is 10.6. The molecule has 1 amide bonds. The fourth-order valence-corrected chi connectivity index (χ4v) is 1.94. The van der Waals surface area contributed by atoms with E-state index in [-0.39, 0.29) is 5.91 Å². The molecule has 0 aromatic carbocycles. The summed E-state index contributed by atoms with van der Waals surface area (Å²) in [5.41, 5.74) is 1.16. The molecule has 0 unspecified atom stereocenters. The molecule has 1 aromatic rings. The molecule has 0 radical (unpaired) electrons. The highest BCUT2D eigenvalue weighted by Gasteiger charge is 2.08. The number of aryl methyl sites for hydroxylation is 1. The zero-order valence-electron chi connectivity index (χ0n) is 11.6. The first-order chi connectivity index (χ1) is 8.72. The van der Waals surface area contributed by atoms with Gasteiger partial charge in [-0.15, -0.1) is 0 Å². The van der Waals surface area contributed by atoms with Gasteiger partial charge in [0.1, 0.15) is 0 Å². The molecule has 5 heteroatoms. The maximum Gasteiger partial charge on any atom is 0.223 e. The summed E-state index contributed by atoms with van der Waals surface area (Å²) in [6.45, 7) is 10.0. The molecule has 102 valence electrons. The van der Waals surface area contributed by atoms with Crippen LogP contribution in [0.25, 0.3) is 0 Å². The number of amides is 1. The van der Waals surface area contributed by atoms with Crippen molar-refractivity contribution in [2.24, 2.45) is 0 Å². The predicted molar refractivity (Wildman–Crippen MR) is 72.2 cm³/mol. The van der Waals surface area contributed by atoms with Gasteiger partial charge in [0.05, 0.1) is 5.69 Å². The van der Waals surface area contributed by atoms with E-state index in [0.29, 0.717) is 13.0 Å². The molecule has 0 fully saturated rings. The maximum atomic E-state index is 11.8. The topological polar surface area (TPSA) is 50.2 Å². The van der Waals surface area contributed by atoms with Crippen LogP contribution >= 0.6 is 0 Å². The van der Waals surface area contributed by atoms with Crippen LogP contribution in [-0.2, 0) is 17.9 Å². The Labute approximate surface area is 109 Å². The van der Waals surface area contributed by atoms with Gasteiger partial charge in [0, 0.05) is 45.3 Å². The van der Waals surface area contributed by atoms with E-state index >= 15 is 0 Å². The van der Waals surface area contributed by atoms with Gasteiger partial charge in [-0.2, -0.15) is 5.10 Å². The van der Waals surface area contributed by atoms with Crippen LogP contribution in [0.1, 0.15) is 32.9 Å². The lowest BCUT2D eigenvalue weighted by Crippen LogP contribution is -2.32. The summed E-state index contributed by atoms with van der Waals surface area (Å²) in [6, 6.07) is 2.00. The number of carbonyl (C=O) groups is 1. The first-order valence-electron chi connectivity index (χ1n) is 6.72. The molecule has 18 heavy (non-hydrogen) atoms. The van der Waals surface area contributed by atoms with Gasteiger partial charge < -0.3 is 10.2 Å². The van der Waals surface area contributed by atoms with Crippen molar-refractivity contribution >= 4 is 5.91 Å². The van der Waals surface area contributed by atoms with Gasteiger partial charge in [-0.05, 0) is 26.8 Å². The van der Waals surface area contributed by atoms with Gasteiger partial charge in [-0.3, -0.25) is 9.48 Å². The van der Waals surface area contributed by atoms with Crippen molar-refractivity contribution in [2.75, 3.05) is 19.6 Å². The number of nitrogens with one attached hydrogen (secondary N) is 1. The molecular weight excluding hydrogens is 228 g/mol. The van der Waals surface area contributed by atoms with Crippen LogP contribution in [0.5, 0.6) is 0 Å². The Morgan fingerprint density at radius 3 is 2.72 bits per heavy atom. The minimum Gasteiger partial charge on any atom is -0.343 e. The molecule has 0 atom stereocenters. The summed E-state index contributed by atoms with van der Waals surface area (Å²) >= 11 is 0. The van der Waals surface area contributed by atoms with Gasteiger partial charge >= 0.3 is 0 Å². The molecule has 0 aliphatic carbocycles. The highest BCUT2D eigenvalue weighted by atomic mass is 16.2. The second kappa shape index (κ2) is 7.87. The standard InChI is InChI=1S/C13H24N4O/c1-4-16(5-2)13(18)8-9-14-11-12-7-10-15-17(12)6-3/h7,10,14H,4-6,8-9,11H2,1-3H3. The summed E-state index contributed by atoms with van der Waals surface area (Å²) in [6.07, 6.45) is 2.36. The van der Waals surface area contributed by atoms with Crippen molar-refractivity contribution in [2.45, 2.75) is 40.3 Å². The maximum absolute atomic E-state index is 11.8. The van der Waals surface area contributed by atoms with Crippen molar-refractivity contribution in [1.82, 2.24) is 20.0 Å². The molecule has 0 spiro atoms. The number of aromatic nitrogens is 2. The summed E-state index contributed by atoms with van der Waals surface area (Å²) in [5.74, 6) is 0.219. The van der Waals surface area contributed by atoms with E-state index < -0.39 is 0 Å². The van der Waals surface area contributed by atoms with E-state index in [1.54, 1.807) is 0 Å². The van der Waals surface area contributed by atoms with Gasteiger partial charge in [-0.25, -0.2) is 0 Å². The Hall–Kier alpha value is -1.36. The lowest BCUT2D eigenvalue weighted by atomic mass is 10.3. The van der Waals surface area contributed by atoms with E-state index in [0.717, 1.165) is 31.9 Å². The van der Waals surface area contributed by atoms with Crippen molar-refractivity contribution in [3.63, 3.8) is 0 Å². The minimum absolute atomic E-state index is 0.219. The minimum atomic E-state index is 0.219. The number of rotatable bonds is 8. The predicted octanol–water partition coefficient (Wildman–Crippen LogP) is 1.25. The largest absolute Gasteiger partial charge is 0.343 e. The third-order valence-corrected chi connectivity index (χ3v) is 3.04. The van der Waals surface area contributed by atoms with E-state index in [1.165, 1.54) is 0 Å². The molecule has 0 aliphatic rings. The molecule has 5 nitrogen and oxygen atoms in total. The average molecular weight is 252 g/mol. The molecule has 0 saturated carbocycles.